The first-order valence-corrected chi connectivity index (χ1v) is 10.2. The molecule has 2 aliphatic heterocycles. The molecule has 2 aliphatic rings. The molecule has 154 valence electrons. The predicted octanol–water partition coefficient (Wildman–Crippen LogP) is 2.86. The molecule has 7 nitrogen and oxygen atoms in total. The second-order valence-electron chi connectivity index (χ2n) is 8.28. The lowest BCUT2D eigenvalue weighted by Crippen LogP contribution is -2.46. The highest BCUT2D eigenvalue weighted by atomic mass is 16.5. The smallest absolute Gasteiger partial charge is 0.222 e. The fourth-order valence-corrected chi connectivity index (χ4v) is 4.36. The summed E-state index contributed by atoms with van der Waals surface area (Å²) in [5, 5.41) is 3.23. The molecule has 1 fully saturated rings. The van der Waals surface area contributed by atoms with Gasteiger partial charge in [0.1, 0.15) is 11.4 Å². The second-order valence-corrected chi connectivity index (χ2v) is 8.28. The molecule has 0 radical (unpaired) electrons. The number of imidazole rings is 1. The topological polar surface area (TPSA) is 76.5 Å². The molecule has 1 N–H and O–H groups in total. The van der Waals surface area contributed by atoms with E-state index in [1.807, 2.05) is 49.0 Å². The molecular formula is C22H28N4O3. The van der Waals surface area contributed by atoms with E-state index >= 15 is 0 Å². The highest BCUT2D eigenvalue weighted by molar-refractivity contribution is 5.77. The standard InChI is InChI=1S/C22H28N4O3/c1-16(26-12-10-23-15-26)13-20(27)24-18-14-22(8-7-21(28)25(2)11-9-22)29-19-6-4-3-5-17(18)19/h3-6,10,12,15-16,18H,7-9,11,13-14H2,1-2H3,(H,24,27)/t16-,18-,22-/m1/s1. The van der Waals surface area contributed by atoms with Gasteiger partial charge in [-0.25, -0.2) is 4.98 Å². The van der Waals surface area contributed by atoms with Crippen molar-refractivity contribution in [1.29, 1.82) is 0 Å². The van der Waals surface area contributed by atoms with E-state index in [0.29, 0.717) is 32.2 Å². The lowest BCUT2D eigenvalue weighted by atomic mass is 9.82. The molecule has 0 saturated carbocycles. The van der Waals surface area contributed by atoms with E-state index in [4.69, 9.17) is 4.74 Å². The minimum Gasteiger partial charge on any atom is -0.487 e. The average molecular weight is 396 g/mol. The molecule has 0 aliphatic carbocycles. The molecule has 2 amide bonds. The van der Waals surface area contributed by atoms with Gasteiger partial charge in [0, 0.05) is 63.3 Å². The maximum Gasteiger partial charge on any atom is 0.222 e. The summed E-state index contributed by atoms with van der Waals surface area (Å²) in [6.07, 6.45) is 8.28. The lowest BCUT2D eigenvalue weighted by Gasteiger charge is -2.42. The number of aromatic nitrogens is 2. The van der Waals surface area contributed by atoms with Crippen molar-refractivity contribution < 1.29 is 14.3 Å². The molecular weight excluding hydrogens is 368 g/mol. The van der Waals surface area contributed by atoms with Gasteiger partial charge >= 0.3 is 0 Å². The zero-order chi connectivity index (χ0) is 20.4. The number of ether oxygens (including phenoxy) is 1. The van der Waals surface area contributed by atoms with Crippen LogP contribution in [0, 0.1) is 0 Å². The van der Waals surface area contributed by atoms with Crippen molar-refractivity contribution in [2.75, 3.05) is 13.6 Å². The van der Waals surface area contributed by atoms with E-state index in [-0.39, 0.29) is 23.9 Å². The van der Waals surface area contributed by atoms with Crippen LogP contribution in [-0.2, 0) is 9.59 Å². The van der Waals surface area contributed by atoms with Gasteiger partial charge in [0.15, 0.2) is 0 Å². The Morgan fingerprint density at radius 1 is 1.38 bits per heavy atom. The van der Waals surface area contributed by atoms with Crippen molar-refractivity contribution in [3.8, 4) is 5.75 Å². The van der Waals surface area contributed by atoms with Crippen LogP contribution in [-0.4, -0.2) is 45.5 Å². The van der Waals surface area contributed by atoms with Crippen LogP contribution in [0.1, 0.15) is 56.7 Å². The predicted molar refractivity (Wildman–Crippen MR) is 108 cm³/mol. The first-order valence-electron chi connectivity index (χ1n) is 10.2. The third kappa shape index (κ3) is 4.13. The fraction of sp³-hybridized carbons (Fsp3) is 0.500. The van der Waals surface area contributed by atoms with Gasteiger partial charge in [-0.3, -0.25) is 9.59 Å². The highest BCUT2D eigenvalue weighted by Gasteiger charge is 2.43. The number of nitrogens with zero attached hydrogens (tertiary/aromatic N) is 3. The molecule has 0 unspecified atom stereocenters. The molecule has 3 atom stereocenters. The molecule has 1 saturated heterocycles. The largest absolute Gasteiger partial charge is 0.487 e. The summed E-state index contributed by atoms with van der Waals surface area (Å²) in [4.78, 5) is 30.8. The van der Waals surface area contributed by atoms with Crippen LogP contribution in [0.25, 0.3) is 0 Å². The van der Waals surface area contributed by atoms with Crippen molar-refractivity contribution in [2.45, 2.75) is 56.7 Å². The lowest BCUT2D eigenvalue weighted by molar-refractivity contribution is -0.129. The van der Waals surface area contributed by atoms with Crippen LogP contribution in [0.2, 0.25) is 0 Å². The molecule has 1 spiro atoms. The van der Waals surface area contributed by atoms with Gasteiger partial charge in [0.2, 0.25) is 11.8 Å². The number of nitrogens with one attached hydrogen (secondary N) is 1. The van der Waals surface area contributed by atoms with Gasteiger partial charge in [0.05, 0.1) is 12.4 Å². The Hall–Kier alpha value is -2.83. The molecule has 1 aromatic heterocycles. The number of para-hydroxylation sites is 1. The summed E-state index contributed by atoms with van der Waals surface area (Å²) >= 11 is 0. The van der Waals surface area contributed by atoms with Crippen molar-refractivity contribution in [1.82, 2.24) is 19.8 Å². The number of amides is 2. The van der Waals surface area contributed by atoms with Crippen LogP contribution in [0.5, 0.6) is 5.75 Å². The Balaban J connectivity index is 1.52. The van der Waals surface area contributed by atoms with Crippen LogP contribution in [0.4, 0.5) is 0 Å². The van der Waals surface area contributed by atoms with Gasteiger partial charge in [-0.2, -0.15) is 0 Å². The fourth-order valence-electron chi connectivity index (χ4n) is 4.36. The van der Waals surface area contributed by atoms with Crippen molar-refractivity contribution >= 4 is 11.8 Å². The summed E-state index contributed by atoms with van der Waals surface area (Å²) in [7, 11) is 1.84. The Bertz CT molecular complexity index is 882. The van der Waals surface area contributed by atoms with Crippen molar-refractivity contribution in [3.63, 3.8) is 0 Å². The number of carbonyl (C=O) groups excluding carboxylic acids is 2. The van der Waals surface area contributed by atoms with Crippen LogP contribution >= 0.6 is 0 Å². The molecule has 29 heavy (non-hydrogen) atoms. The summed E-state index contributed by atoms with van der Waals surface area (Å²) in [5.41, 5.74) is 0.577. The maximum absolute atomic E-state index is 12.8. The minimum atomic E-state index is -0.428. The molecule has 4 rings (SSSR count). The first kappa shape index (κ1) is 19.5. The van der Waals surface area contributed by atoms with Gasteiger partial charge in [-0.05, 0) is 19.4 Å². The van der Waals surface area contributed by atoms with Gasteiger partial charge in [-0.15, -0.1) is 0 Å². The van der Waals surface area contributed by atoms with Crippen molar-refractivity contribution in [3.05, 3.63) is 48.5 Å². The van der Waals surface area contributed by atoms with Crippen LogP contribution in [0.15, 0.2) is 43.0 Å². The third-order valence-corrected chi connectivity index (χ3v) is 6.17. The van der Waals surface area contributed by atoms with Crippen molar-refractivity contribution in [2.24, 2.45) is 0 Å². The quantitative estimate of drug-likeness (QED) is 0.862. The van der Waals surface area contributed by atoms with E-state index in [1.54, 1.807) is 17.4 Å². The van der Waals surface area contributed by atoms with E-state index in [9.17, 15) is 9.59 Å². The van der Waals surface area contributed by atoms with E-state index in [1.165, 1.54) is 0 Å². The number of likely N-dealkylation sites (tertiary alicyclic amines) is 1. The molecule has 7 heteroatoms. The molecule has 3 heterocycles. The number of carbonyl (C=O) groups is 2. The zero-order valence-corrected chi connectivity index (χ0v) is 17.0. The molecule has 0 bridgehead atoms. The number of fused-ring (bicyclic) bond motifs is 1. The summed E-state index contributed by atoms with van der Waals surface area (Å²) < 4.78 is 8.38. The SMILES string of the molecule is C[C@H](CC(=O)N[C@@H]1C[C@]2(CCC(=O)N(C)CC2)Oc2ccccc21)n1ccnc1. The van der Waals surface area contributed by atoms with Crippen LogP contribution < -0.4 is 10.1 Å². The van der Waals surface area contributed by atoms with Gasteiger partial charge in [-0.1, -0.05) is 18.2 Å². The minimum absolute atomic E-state index is 0.00451. The number of benzene rings is 1. The Labute approximate surface area is 171 Å². The Morgan fingerprint density at radius 3 is 3.00 bits per heavy atom. The zero-order valence-electron chi connectivity index (χ0n) is 17.0. The summed E-state index contributed by atoms with van der Waals surface area (Å²) in [6.45, 7) is 2.67. The normalized spacial score (nSPS) is 25.1. The number of hydrogen-bond acceptors (Lipinski definition) is 4. The second kappa shape index (κ2) is 7.89. The van der Waals surface area contributed by atoms with Gasteiger partial charge < -0.3 is 19.5 Å². The van der Waals surface area contributed by atoms with E-state index in [2.05, 4.69) is 10.3 Å². The third-order valence-electron chi connectivity index (χ3n) is 6.17. The summed E-state index contributed by atoms with van der Waals surface area (Å²) in [5.74, 6) is 0.965. The molecule has 2 aromatic rings. The Kier molecular flexibility index (Phi) is 5.30. The van der Waals surface area contributed by atoms with Gasteiger partial charge in [0.25, 0.3) is 0 Å². The number of rotatable bonds is 4. The monoisotopic (exact) mass is 396 g/mol. The van der Waals surface area contributed by atoms with E-state index in [0.717, 1.165) is 17.7 Å². The number of hydrogen-bond donors (Lipinski definition) is 1. The average Bonchev–Trinajstić information content (AvgIpc) is 3.21. The van der Waals surface area contributed by atoms with E-state index < -0.39 is 5.60 Å². The molecule has 1 aromatic carbocycles. The maximum atomic E-state index is 12.8. The Morgan fingerprint density at radius 2 is 2.21 bits per heavy atom. The first-order chi connectivity index (χ1) is 14.0. The summed E-state index contributed by atoms with van der Waals surface area (Å²) in [6, 6.07) is 7.80. The highest BCUT2D eigenvalue weighted by Crippen LogP contribution is 2.44. The van der Waals surface area contributed by atoms with Crippen LogP contribution in [0.3, 0.4) is 0 Å².